The Morgan fingerprint density at radius 3 is 2.94 bits per heavy atom. The zero-order valence-corrected chi connectivity index (χ0v) is 10.6. The van der Waals surface area contributed by atoms with Gasteiger partial charge in [-0.1, -0.05) is 28.1 Å². The summed E-state index contributed by atoms with van der Waals surface area (Å²) in [5, 5.41) is 8.53. The average molecular weight is 282 g/mol. The zero-order chi connectivity index (χ0) is 12.0. The van der Waals surface area contributed by atoms with E-state index in [1.165, 1.54) is 7.11 Å². The molecule has 1 rings (SSSR count). The summed E-state index contributed by atoms with van der Waals surface area (Å²) in [6, 6.07) is 7.80. The lowest BCUT2D eigenvalue weighted by atomic mass is 10.0. The molecule has 0 atom stereocenters. The first-order valence-corrected chi connectivity index (χ1v) is 5.67. The molecular weight excluding hydrogens is 270 g/mol. The lowest BCUT2D eigenvalue weighted by Gasteiger charge is -2.05. The summed E-state index contributed by atoms with van der Waals surface area (Å²) in [6.45, 7) is 0. The number of nitriles is 1. The van der Waals surface area contributed by atoms with Crippen LogP contribution in [0.4, 0.5) is 0 Å². The molecule has 0 amide bonds. The Morgan fingerprint density at radius 1 is 1.56 bits per heavy atom. The van der Waals surface area contributed by atoms with Gasteiger partial charge in [-0.15, -0.1) is 0 Å². The van der Waals surface area contributed by atoms with Gasteiger partial charge in [0.1, 0.15) is 0 Å². The van der Waals surface area contributed by atoms with Gasteiger partial charge in [0.05, 0.1) is 19.6 Å². The highest BCUT2D eigenvalue weighted by Gasteiger charge is 2.06. The first kappa shape index (κ1) is 12.7. The van der Waals surface area contributed by atoms with E-state index in [0.29, 0.717) is 12.8 Å². The minimum atomic E-state index is -0.256. The van der Waals surface area contributed by atoms with Gasteiger partial charge in [-0.2, -0.15) is 5.26 Å². The number of aryl methyl sites for hydroxylation is 1. The van der Waals surface area contributed by atoms with Crippen molar-refractivity contribution in [2.24, 2.45) is 0 Å². The van der Waals surface area contributed by atoms with Crippen molar-refractivity contribution in [3.63, 3.8) is 0 Å². The minimum Gasteiger partial charge on any atom is -0.469 e. The van der Waals surface area contributed by atoms with Crippen LogP contribution >= 0.6 is 15.9 Å². The van der Waals surface area contributed by atoms with Crippen molar-refractivity contribution < 1.29 is 9.53 Å². The van der Waals surface area contributed by atoms with Crippen molar-refractivity contribution in [2.45, 2.75) is 19.3 Å². The third-order valence-corrected chi connectivity index (χ3v) is 2.97. The number of esters is 1. The van der Waals surface area contributed by atoms with Gasteiger partial charge in [0, 0.05) is 10.9 Å². The maximum atomic E-state index is 11.1. The Bertz CT molecular complexity index is 424. The SMILES string of the molecule is COC(=O)Cc1ccc(Br)c(CCC#N)c1. The van der Waals surface area contributed by atoms with E-state index in [2.05, 4.69) is 26.7 Å². The molecule has 0 bridgehead atoms. The lowest BCUT2D eigenvalue weighted by Crippen LogP contribution is -2.04. The number of carbonyl (C=O) groups is 1. The minimum absolute atomic E-state index is 0.256. The molecule has 4 heteroatoms. The Morgan fingerprint density at radius 2 is 2.31 bits per heavy atom. The molecule has 0 saturated heterocycles. The van der Waals surface area contributed by atoms with Crippen LogP contribution in [0, 0.1) is 11.3 Å². The molecule has 0 radical (unpaired) electrons. The second-order valence-electron chi connectivity index (χ2n) is 3.34. The highest BCUT2D eigenvalue weighted by molar-refractivity contribution is 9.10. The molecule has 0 aliphatic heterocycles. The van der Waals surface area contributed by atoms with Crippen molar-refractivity contribution in [1.82, 2.24) is 0 Å². The molecule has 0 aliphatic rings. The lowest BCUT2D eigenvalue weighted by molar-refractivity contribution is -0.139. The third-order valence-electron chi connectivity index (χ3n) is 2.19. The largest absolute Gasteiger partial charge is 0.469 e. The van der Waals surface area contributed by atoms with Crippen molar-refractivity contribution >= 4 is 21.9 Å². The van der Waals surface area contributed by atoms with Crippen LogP contribution in [-0.2, 0) is 22.4 Å². The van der Waals surface area contributed by atoms with E-state index in [4.69, 9.17) is 5.26 Å². The Balaban J connectivity index is 2.81. The fourth-order valence-corrected chi connectivity index (χ4v) is 1.80. The van der Waals surface area contributed by atoms with Crippen molar-refractivity contribution in [1.29, 1.82) is 5.26 Å². The topological polar surface area (TPSA) is 50.1 Å². The van der Waals surface area contributed by atoms with Gasteiger partial charge in [0.25, 0.3) is 0 Å². The maximum absolute atomic E-state index is 11.1. The smallest absolute Gasteiger partial charge is 0.309 e. The molecule has 0 spiro atoms. The summed E-state index contributed by atoms with van der Waals surface area (Å²) < 4.78 is 5.57. The quantitative estimate of drug-likeness (QED) is 0.798. The van der Waals surface area contributed by atoms with Crippen LogP contribution in [0.1, 0.15) is 17.5 Å². The number of ether oxygens (including phenoxy) is 1. The molecule has 0 aromatic heterocycles. The van der Waals surface area contributed by atoms with E-state index in [0.717, 1.165) is 15.6 Å². The number of benzene rings is 1. The van der Waals surface area contributed by atoms with E-state index < -0.39 is 0 Å². The number of carbonyl (C=O) groups excluding carboxylic acids is 1. The standard InChI is InChI=1S/C12H12BrNO2/c1-16-12(15)8-9-4-5-11(13)10(7-9)3-2-6-14/h4-5,7H,2-3,8H2,1H3. The second kappa shape index (κ2) is 6.29. The Hall–Kier alpha value is -1.34. The predicted octanol–water partition coefficient (Wildman–Crippen LogP) is 2.62. The van der Waals surface area contributed by atoms with Crippen LogP contribution in [0.3, 0.4) is 0 Å². The summed E-state index contributed by atoms with van der Waals surface area (Å²) in [6.07, 6.45) is 1.43. The highest BCUT2D eigenvalue weighted by Crippen LogP contribution is 2.20. The molecule has 0 unspecified atom stereocenters. The molecule has 0 fully saturated rings. The first-order valence-electron chi connectivity index (χ1n) is 4.88. The van der Waals surface area contributed by atoms with Gasteiger partial charge < -0.3 is 4.74 Å². The van der Waals surface area contributed by atoms with Gasteiger partial charge in [-0.25, -0.2) is 0 Å². The molecule has 3 nitrogen and oxygen atoms in total. The maximum Gasteiger partial charge on any atom is 0.309 e. The van der Waals surface area contributed by atoms with Gasteiger partial charge >= 0.3 is 5.97 Å². The summed E-state index contributed by atoms with van der Waals surface area (Å²) in [5.74, 6) is -0.256. The molecule has 16 heavy (non-hydrogen) atoms. The fraction of sp³-hybridized carbons (Fsp3) is 0.333. The van der Waals surface area contributed by atoms with Crippen LogP contribution < -0.4 is 0 Å². The van der Waals surface area contributed by atoms with Gasteiger partial charge in [0.15, 0.2) is 0 Å². The first-order chi connectivity index (χ1) is 7.67. The number of halogens is 1. The average Bonchev–Trinajstić information content (AvgIpc) is 2.29. The number of nitrogens with zero attached hydrogens (tertiary/aromatic N) is 1. The number of hydrogen-bond acceptors (Lipinski definition) is 3. The second-order valence-corrected chi connectivity index (χ2v) is 4.19. The summed E-state index contributed by atoms with van der Waals surface area (Å²) in [7, 11) is 1.37. The molecule has 1 aromatic carbocycles. The fourth-order valence-electron chi connectivity index (χ4n) is 1.36. The molecule has 0 saturated carbocycles. The van der Waals surface area contributed by atoms with Crippen molar-refractivity contribution in [3.05, 3.63) is 33.8 Å². The third kappa shape index (κ3) is 3.67. The van der Waals surface area contributed by atoms with Crippen LogP contribution in [0.5, 0.6) is 0 Å². The van der Waals surface area contributed by atoms with Crippen molar-refractivity contribution in [2.75, 3.05) is 7.11 Å². The molecule has 0 aliphatic carbocycles. The Labute approximate surface area is 103 Å². The monoisotopic (exact) mass is 281 g/mol. The van der Waals surface area contributed by atoms with Gasteiger partial charge in [-0.05, 0) is 23.6 Å². The zero-order valence-electron chi connectivity index (χ0n) is 9.00. The molecule has 1 aromatic rings. The summed E-state index contributed by atoms with van der Waals surface area (Å²) in [5.41, 5.74) is 1.95. The number of hydrogen-bond donors (Lipinski definition) is 0. The molecule has 0 heterocycles. The van der Waals surface area contributed by atoms with E-state index in [1.54, 1.807) is 0 Å². The highest BCUT2D eigenvalue weighted by atomic mass is 79.9. The molecular formula is C12H12BrNO2. The van der Waals surface area contributed by atoms with Crippen LogP contribution in [0.25, 0.3) is 0 Å². The number of rotatable bonds is 4. The van der Waals surface area contributed by atoms with Gasteiger partial charge in [0.2, 0.25) is 0 Å². The van der Waals surface area contributed by atoms with Crippen LogP contribution in [0.15, 0.2) is 22.7 Å². The summed E-state index contributed by atoms with van der Waals surface area (Å²) in [4.78, 5) is 11.1. The predicted molar refractivity (Wildman–Crippen MR) is 63.8 cm³/mol. The van der Waals surface area contributed by atoms with E-state index >= 15 is 0 Å². The van der Waals surface area contributed by atoms with Gasteiger partial charge in [-0.3, -0.25) is 4.79 Å². The van der Waals surface area contributed by atoms with Crippen molar-refractivity contribution in [3.8, 4) is 6.07 Å². The Kier molecular flexibility index (Phi) is 5.00. The number of methoxy groups -OCH3 is 1. The van der Waals surface area contributed by atoms with E-state index in [9.17, 15) is 4.79 Å². The molecule has 84 valence electrons. The van der Waals surface area contributed by atoms with Crippen LogP contribution in [0.2, 0.25) is 0 Å². The van der Waals surface area contributed by atoms with E-state index in [-0.39, 0.29) is 12.4 Å². The molecule has 0 N–H and O–H groups in total. The normalized spacial score (nSPS) is 9.56. The van der Waals surface area contributed by atoms with E-state index in [1.807, 2.05) is 18.2 Å². The van der Waals surface area contributed by atoms with Crippen LogP contribution in [-0.4, -0.2) is 13.1 Å². The summed E-state index contributed by atoms with van der Waals surface area (Å²) >= 11 is 3.42.